The first-order valence-electron chi connectivity index (χ1n) is 6.68. The molecule has 0 radical (unpaired) electrons. The van der Waals surface area contributed by atoms with Gasteiger partial charge in [-0.3, -0.25) is 0 Å². The minimum atomic E-state index is -3.77. The van der Waals surface area contributed by atoms with Gasteiger partial charge in [0.25, 0.3) is 0 Å². The number of rotatable bonds is 2. The minimum absolute atomic E-state index is 0. The quantitative estimate of drug-likeness (QED) is 0.831. The number of benzene rings is 1. The Labute approximate surface area is 138 Å². The van der Waals surface area contributed by atoms with Crippen molar-refractivity contribution in [1.29, 1.82) is 0 Å². The van der Waals surface area contributed by atoms with Crippen molar-refractivity contribution >= 4 is 38.4 Å². The van der Waals surface area contributed by atoms with Crippen LogP contribution in [0.1, 0.15) is 19.3 Å². The third-order valence-electron chi connectivity index (χ3n) is 4.00. The third-order valence-corrected chi connectivity index (χ3v) is 6.37. The van der Waals surface area contributed by atoms with Crippen molar-refractivity contribution in [1.82, 2.24) is 9.62 Å². The zero-order valence-electron chi connectivity index (χ0n) is 11.3. The fraction of sp³-hybridized carbons (Fsp3) is 0.538. The first kappa shape index (κ1) is 17.1. The highest BCUT2D eigenvalue weighted by Crippen LogP contribution is 2.27. The van der Waals surface area contributed by atoms with Crippen LogP contribution in [-0.4, -0.2) is 37.9 Å². The molecule has 3 rings (SSSR count). The molecule has 2 unspecified atom stereocenters. The Kier molecular flexibility index (Phi) is 5.31. The van der Waals surface area contributed by atoms with Crippen molar-refractivity contribution in [2.24, 2.45) is 0 Å². The highest BCUT2D eigenvalue weighted by molar-refractivity contribution is 9.10. The van der Waals surface area contributed by atoms with Gasteiger partial charge in [-0.2, -0.15) is 4.31 Å². The molecule has 1 aromatic rings. The van der Waals surface area contributed by atoms with E-state index in [1.807, 2.05) is 0 Å². The maximum atomic E-state index is 13.9. The van der Waals surface area contributed by atoms with E-state index in [-0.39, 0.29) is 23.3 Å². The van der Waals surface area contributed by atoms with Crippen LogP contribution in [0.15, 0.2) is 27.6 Å². The van der Waals surface area contributed by atoms with Crippen LogP contribution < -0.4 is 5.32 Å². The van der Waals surface area contributed by atoms with E-state index < -0.39 is 15.8 Å². The largest absolute Gasteiger partial charge is 0.310 e. The summed E-state index contributed by atoms with van der Waals surface area (Å²) in [5, 5.41) is 3.42. The predicted octanol–water partition coefficient (Wildman–Crippen LogP) is 2.52. The van der Waals surface area contributed by atoms with Crippen LogP contribution >= 0.6 is 28.3 Å². The number of hydrogen-bond donors (Lipinski definition) is 1. The second kappa shape index (κ2) is 6.50. The van der Waals surface area contributed by atoms with E-state index in [0.717, 1.165) is 19.3 Å². The lowest BCUT2D eigenvalue weighted by atomic mass is 10.1. The standard InChI is InChI=1S/C13H16BrFN2O2S.ClH/c14-9-1-4-12(15)13(7-9)20(18,19)17-6-5-10-2-3-11(8-17)16-10;/h1,4,7,10-11,16H,2-3,5-6,8H2;1H. The summed E-state index contributed by atoms with van der Waals surface area (Å²) >= 11 is 3.20. The van der Waals surface area contributed by atoms with Gasteiger partial charge in [0.2, 0.25) is 10.0 Å². The summed E-state index contributed by atoms with van der Waals surface area (Å²) in [5.41, 5.74) is 0. The number of sulfonamides is 1. The number of hydrogen-bond acceptors (Lipinski definition) is 3. The average molecular weight is 400 g/mol. The molecule has 2 saturated heterocycles. The minimum Gasteiger partial charge on any atom is -0.310 e. The smallest absolute Gasteiger partial charge is 0.246 e. The van der Waals surface area contributed by atoms with Gasteiger partial charge in [0.1, 0.15) is 10.7 Å². The molecule has 0 aromatic heterocycles. The SMILES string of the molecule is Cl.O=S(=O)(c1cc(Br)ccc1F)N1CCC2CCC(C1)N2. The molecular formula is C13H17BrClFN2O2S. The van der Waals surface area contributed by atoms with Crippen LogP contribution in [-0.2, 0) is 10.0 Å². The maximum Gasteiger partial charge on any atom is 0.246 e. The number of halogens is 3. The van der Waals surface area contributed by atoms with Crippen LogP contribution in [0.25, 0.3) is 0 Å². The van der Waals surface area contributed by atoms with Crippen molar-refractivity contribution in [3.05, 3.63) is 28.5 Å². The van der Waals surface area contributed by atoms with Crippen LogP contribution in [0.3, 0.4) is 0 Å². The summed E-state index contributed by atoms with van der Waals surface area (Å²) in [7, 11) is -3.77. The van der Waals surface area contributed by atoms with E-state index in [2.05, 4.69) is 21.2 Å². The summed E-state index contributed by atoms with van der Waals surface area (Å²) in [6, 6.07) is 4.60. The molecule has 1 aromatic carbocycles. The van der Waals surface area contributed by atoms with E-state index in [4.69, 9.17) is 0 Å². The molecule has 0 saturated carbocycles. The van der Waals surface area contributed by atoms with E-state index in [0.29, 0.717) is 23.6 Å². The molecule has 1 N–H and O–H groups in total. The number of fused-ring (bicyclic) bond motifs is 2. The summed E-state index contributed by atoms with van der Waals surface area (Å²) < 4.78 is 41.1. The normalized spacial score (nSPS) is 26.2. The van der Waals surface area contributed by atoms with Crippen LogP contribution in [0.5, 0.6) is 0 Å². The molecule has 21 heavy (non-hydrogen) atoms. The van der Waals surface area contributed by atoms with Gasteiger partial charge in [0.05, 0.1) is 0 Å². The lowest BCUT2D eigenvalue weighted by Crippen LogP contribution is -2.39. The first-order valence-corrected chi connectivity index (χ1v) is 8.91. The third kappa shape index (κ3) is 3.42. The van der Waals surface area contributed by atoms with E-state index in [9.17, 15) is 12.8 Å². The molecule has 0 spiro atoms. The molecule has 2 bridgehead atoms. The van der Waals surface area contributed by atoms with E-state index in [1.165, 1.54) is 22.5 Å². The zero-order valence-corrected chi connectivity index (χ0v) is 14.5. The Morgan fingerprint density at radius 3 is 2.71 bits per heavy atom. The monoisotopic (exact) mass is 398 g/mol. The number of nitrogens with one attached hydrogen (secondary N) is 1. The maximum absolute atomic E-state index is 13.9. The molecule has 0 aliphatic carbocycles. The highest BCUT2D eigenvalue weighted by atomic mass is 79.9. The van der Waals surface area contributed by atoms with Gasteiger partial charge in [0.15, 0.2) is 0 Å². The molecule has 2 atom stereocenters. The van der Waals surface area contributed by atoms with Crippen molar-refractivity contribution in [3.63, 3.8) is 0 Å². The molecule has 8 heteroatoms. The lowest BCUT2D eigenvalue weighted by Gasteiger charge is -2.23. The molecule has 4 nitrogen and oxygen atoms in total. The Balaban J connectivity index is 0.00000161. The average Bonchev–Trinajstić information content (AvgIpc) is 2.71. The molecule has 118 valence electrons. The van der Waals surface area contributed by atoms with Crippen LogP contribution in [0, 0.1) is 5.82 Å². The van der Waals surface area contributed by atoms with Gasteiger partial charge in [-0.05, 0) is 37.5 Å². The van der Waals surface area contributed by atoms with Gasteiger partial charge >= 0.3 is 0 Å². The molecule has 0 amide bonds. The van der Waals surface area contributed by atoms with Gasteiger partial charge in [-0.15, -0.1) is 12.4 Å². The Morgan fingerprint density at radius 2 is 1.95 bits per heavy atom. The Morgan fingerprint density at radius 1 is 1.24 bits per heavy atom. The topological polar surface area (TPSA) is 49.4 Å². The van der Waals surface area contributed by atoms with Gasteiger partial charge < -0.3 is 5.32 Å². The van der Waals surface area contributed by atoms with Crippen molar-refractivity contribution in [2.45, 2.75) is 36.2 Å². The van der Waals surface area contributed by atoms with Gasteiger partial charge in [0, 0.05) is 29.6 Å². The molecule has 2 aliphatic heterocycles. The molecule has 2 heterocycles. The Hall–Kier alpha value is -0.210. The second-order valence-corrected chi connectivity index (χ2v) is 8.19. The zero-order chi connectivity index (χ0) is 14.3. The second-order valence-electron chi connectivity index (χ2n) is 5.36. The fourth-order valence-corrected chi connectivity index (χ4v) is 5.05. The molecule has 2 aliphatic rings. The predicted molar refractivity (Wildman–Crippen MR) is 84.7 cm³/mol. The molecule has 2 fully saturated rings. The summed E-state index contributed by atoms with van der Waals surface area (Å²) in [4.78, 5) is -0.246. The van der Waals surface area contributed by atoms with Crippen molar-refractivity contribution < 1.29 is 12.8 Å². The van der Waals surface area contributed by atoms with Crippen molar-refractivity contribution in [2.75, 3.05) is 13.1 Å². The fourth-order valence-electron chi connectivity index (χ4n) is 2.94. The first-order chi connectivity index (χ1) is 9.46. The number of nitrogens with zero attached hydrogens (tertiary/aromatic N) is 1. The summed E-state index contributed by atoms with van der Waals surface area (Å²) in [5.74, 6) is -0.699. The van der Waals surface area contributed by atoms with Crippen LogP contribution in [0.2, 0.25) is 0 Å². The highest BCUT2D eigenvalue weighted by Gasteiger charge is 2.36. The van der Waals surface area contributed by atoms with Crippen molar-refractivity contribution in [3.8, 4) is 0 Å². The van der Waals surface area contributed by atoms with E-state index >= 15 is 0 Å². The Bertz CT molecular complexity index is 629. The van der Waals surface area contributed by atoms with E-state index in [1.54, 1.807) is 0 Å². The lowest BCUT2D eigenvalue weighted by molar-refractivity contribution is 0.381. The molecular weight excluding hydrogens is 383 g/mol. The summed E-state index contributed by atoms with van der Waals surface area (Å²) in [6.45, 7) is 0.868. The van der Waals surface area contributed by atoms with Crippen LogP contribution in [0.4, 0.5) is 4.39 Å². The van der Waals surface area contributed by atoms with Gasteiger partial charge in [-0.1, -0.05) is 15.9 Å². The van der Waals surface area contributed by atoms with Gasteiger partial charge in [-0.25, -0.2) is 12.8 Å². The summed E-state index contributed by atoms with van der Waals surface area (Å²) in [6.07, 6.45) is 2.87.